The molecular formula is C25H28N4O3. The predicted molar refractivity (Wildman–Crippen MR) is 124 cm³/mol. The second-order valence-corrected chi connectivity index (χ2v) is 7.97. The standard InChI is InChI=1S/C25H28N4O3/c1-18-19(2)28-32-24(18)27-25(30)29-12-8-20(9-13-29)15-22-5-3-7-23(16-22)31-14-10-21-6-4-11-26-17-21/h3-7,11,15-17H,8-10,12-14H2,1-2H3,(H,27,30). The van der Waals surface area contributed by atoms with Crippen molar-refractivity contribution in [3.05, 3.63) is 76.7 Å². The van der Waals surface area contributed by atoms with Gasteiger partial charge in [-0.25, -0.2) is 4.79 Å². The van der Waals surface area contributed by atoms with Crippen LogP contribution >= 0.6 is 0 Å². The number of ether oxygens (including phenoxy) is 1. The van der Waals surface area contributed by atoms with Crippen molar-refractivity contribution in [2.24, 2.45) is 0 Å². The van der Waals surface area contributed by atoms with Gasteiger partial charge in [-0.2, -0.15) is 0 Å². The van der Waals surface area contributed by atoms with Crippen molar-refractivity contribution in [2.45, 2.75) is 33.1 Å². The quantitative estimate of drug-likeness (QED) is 0.592. The second kappa shape index (κ2) is 10.1. The summed E-state index contributed by atoms with van der Waals surface area (Å²) in [5.41, 5.74) is 5.25. The first-order valence-corrected chi connectivity index (χ1v) is 10.9. The first-order chi connectivity index (χ1) is 15.6. The van der Waals surface area contributed by atoms with Gasteiger partial charge < -0.3 is 14.2 Å². The van der Waals surface area contributed by atoms with Crippen LogP contribution in [0.15, 0.2) is 58.9 Å². The highest BCUT2D eigenvalue weighted by Gasteiger charge is 2.21. The molecule has 1 aliphatic heterocycles. The first kappa shape index (κ1) is 21.6. The lowest BCUT2D eigenvalue weighted by Crippen LogP contribution is -2.39. The van der Waals surface area contributed by atoms with E-state index in [1.807, 2.05) is 43.1 Å². The van der Waals surface area contributed by atoms with E-state index in [4.69, 9.17) is 9.26 Å². The van der Waals surface area contributed by atoms with Crippen LogP contribution in [0.4, 0.5) is 10.7 Å². The minimum Gasteiger partial charge on any atom is -0.493 e. The molecule has 7 heteroatoms. The van der Waals surface area contributed by atoms with E-state index in [9.17, 15) is 4.79 Å². The fraction of sp³-hybridized carbons (Fsp3) is 0.320. The Morgan fingerprint density at radius 3 is 2.78 bits per heavy atom. The Balaban J connectivity index is 1.28. The van der Waals surface area contributed by atoms with E-state index in [2.05, 4.69) is 39.7 Å². The molecule has 0 unspecified atom stereocenters. The lowest BCUT2D eigenvalue weighted by Gasteiger charge is -2.28. The first-order valence-electron chi connectivity index (χ1n) is 10.9. The molecule has 1 aliphatic rings. The van der Waals surface area contributed by atoms with Gasteiger partial charge >= 0.3 is 6.03 Å². The molecule has 1 saturated heterocycles. The number of carbonyl (C=O) groups is 1. The van der Waals surface area contributed by atoms with Gasteiger partial charge in [0.2, 0.25) is 5.88 Å². The molecule has 0 bridgehead atoms. The minimum absolute atomic E-state index is 0.146. The summed E-state index contributed by atoms with van der Waals surface area (Å²) in [7, 11) is 0. The van der Waals surface area contributed by atoms with E-state index >= 15 is 0 Å². The summed E-state index contributed by atoms with van der Waals surface area (Å²) in [6, 6.07) is 12.0. The molecule has 0 atom stereocenters. The maximum Gasteiger partial charge on any atom is 0.324 e. The number of aryl methyl sites for hydroxylation is 1. The van der Waals surface area contributed by atoms with Gasteiger partial charge in [0.05, 0.1) is 12.3 Å². The van der Waals surface area contributed by atoms with E-state index in [1.54, 1.807) is 6.20 Å². The highest BCUT2D eigenvalue weighted by atomic mass is 16.5. The average Bonchev–Trinajstić information content (AvgIpc) is 3.13. The van der Waals surface area contributed by atoms with Crippen molar-refractivity contribution < 1.29 is 14.1 Å². The summed E-state index contributed by atoms with van der Waals surface area (Å²) in [4.78, 5) is 18.5. The Morgan fingerprint density at radius 1 is 1.22 bits per heavy atom. The highest BCUT2D eigenvalue weighted by molar-refractivity contribution is 5.88. The summed E-state index contributed by atoms with van der Waals surface area (Å²) in [6.45, 7) is 5.69. The third-order valence-corrected chi connectivity index (χ3v) is 5.68. The number of hydrogen-bond acceptors (Lipinski definition) is 5. The number of nitrogens with one attached hydrogen (secondary N) is 1. The molecule has 7 nitrogen and oxygen atoms in total. The number of pyridine rings is 1. The molecule has 1 fully saturated rings. The lowest BCUT2D eigenvalue weighted by molar-refractivity contribution is 0.207. The number of urea groups is 1. The van der Waals surface area contributed by atoms with Gasteiger partial charge in [0, 0.05) is 37.5 Å². The lowest BCUT2D eigenvalue weighted by atomic mass is 10.0. The van der Waals surface area contributed by atoms with Crippen LogP contribution in [0.3, 0.4) is 0 Å². The van der Waals surface area contributed by atoms with Gasteiger partial charge in [0.1, 0.15) is 5.75 Å². The number of anilines is 1. The van der Waals surface area contributed by atoms with Crippen molar-refractivity contribution >= 4 is 18.0 Å². The summed E-state index contributed by atoms with van der Waals surface area (Å²) >= 11 is 0. The minimum atomic E-state index is -0.146. The third kappa shape index (κ3) is 5.55. The second-order valence-electron chi connectivity index (χ2n) is 7.97. The van der Waals surface area contributed by atoms with Crippen molar-refractivity contribution in [3.8, 4) is 5.75 Å². The molecule has 0 radical (unpaired) electrons. The van der Waals surface area contributed by atoms with E-state index in [-0.39, 0.29) is 6.03 Å². The maximum absolute atomic E-state index is 12.5. The number of aromatic nitrogens is 2. The zero-order valence-electron chi connectivity index (χ0n) is 18.5. The van der Waals surface area contributed by atoms with Gasteiger partial charge in [-0.05, 0) is 56.0 Å². The molecule has 3 aromatic rings. The van der Waals surface area contributed by atoms with Crippen LogP contribution in [0, 0.1) is 13.8 Å². The number of amides is 2. The van der Waals surface area contributed by atoms with E-state index < -0.39 is 0 Å². The molecular weight excluding hydrogens is 404 g/mol. The maximum atomic E-state index is 12.5. The number of carbonyl (C=O) groups excluding carboxylic acids is 1. The molecule has 2 amide bonds. The van der Waals surface area contributed by atoms with Crippen LogP contribution in [-0.4, -0.2) is 40.8 Å². The fourth-order valence-electron chi connectivity index (χ4n) is 3.61. The number of rotatable bonds is 6. The van der Waals surface area contributed by atoms with Crippen molar-refractivity contribution in [1.29, 1.82) is 0 Å². The number of nitrogens with zero attached hydrogens (tertiary/aromatic N) is 3. The Labute approximate surface area is 188 Å². The monoisotopic (exact) mass is 432 g/mol. The number of piperidine rings is 1. The van der Waals surface area contributed by atoms with E-state index in [0.29, 0.717) is 25.6 Å². The van der Waals surface area contributed by atoms with Crippen LogP contribution < -0.4 is 10.1 Å². The van der Waals surface area contributed by atoms with Gasteiger partial charge in [-0.15, -0.1) is 0 Å². The largest absolute Gasteiger partial charge is 0.493 e. The predicted octanol–water partition coefficient (Wildman–Crippen LogP) is 5.02. The zero-order valence-corrected chi connectivity index (χ0v) is 18.5. The van der Waals surface area contributed by atoms with Crippen molar-refractivity contribution in [2.75, 3.05) is 25.0 Å². The summed E-state index contributed by atoms with van der Waals surface area (Å²) < 4.78 is 11.1. The molecule has 4 rings (SSSR count). The Kier molecular flexibility index (Phi) is 6.84. The number of likely N-dealkylation sites (tertiary alicyclic amines) is 1. The Hall–Kier alpha value is -3.61. The normalized spacial score (nSPS) is 13.7. The van der Waals surface area contributed by atoms with Gasteiger partial charge in [-0.3, -0.25) is 10.3 Å². The molecule has 3 heterocycles. The zero-order chi connectivity index (χ0) is 22.3. The summed E-state index contributed by atoms with van der Waals surface area (Å²) in [5, 5.41) is 6.71. The van der Waals surface area contributed by atoms with Crippen LogP contribution in [0.25, 0.3) is 6.08 Å². The number of benzene rings is 1. The Bertz CT molecular complexity index is 1080. The molecule has 0 spiro atoms. The van der Waals surface area contributed by atoms with Crippen molar-refractivity contribution in [3.63, 3.8) is 0 Å². The van der Waals surface area contributed by atoms with Crippen molar-refractivity contribution in [1.82, 2.24) is 15.0 Å². The van der Waals surface area contributed by atoms with Crippen LogP contribution in [-0.2, 0) is 6.42 Å². The molecule has 0 saturated carbocycles. The van der Waals surface area contributed by atoms with Crippen LogP contribution in [0.2, 0.25) is 0 Å². The van der Waals surface area contributed by atoms with Gasteiger partial charge in [-0.1, -0.05) is 35.0 Å². The Morgan fingerprint density at radius 2 is 2.06 bits per heavy atom. The summed E-state index contributed by atoms with van der Waals surface area (Å²) in [5.74, 6) is 1.28. The third-order valence-electron chi connectivity index (χ3n) is 5.68. The SMILES string of the molecule is Cc1noc(NC(=O)N2CCC(=Cc3cccc(OCCc4cccnc4)c3)CC2)c1C. The molecule has 2 aromatic heterocycles. The van der Waals surface area contributed by atoms with E-state index in [1.165, 1.54) is 5.57 Å². The fourth-order valence-corrected chi connectivity index (χ4v) is 3.61. The molecule has 1 aromatic carbocycles. The van der Waals surface area contributed by atoms with Crippen LogP contribution in [0.1, 0.15) is 35.2 Å². The highest BCUT2D eigenvalue weighted by Crippen LogP contribution is 2.23. The van der Waals surface area contributed by atoms with E-state index in [0.717, 1.165) is 47.4 Å². The summed E-state index contributed by atoms with van der Waals surface area (Å²) in [6.07, 6.45) is 8.35. The molecule has 1 N–H and O–H groups in total. The molecule has 32 heavy (non-hydrogen) atoms. The van der Waals surface area contributed by atoms with Gasteiger partial charge in [0.15, 0.2) is 0 Å². The topological polar surface area (TPSA) is 80.5 Å². The van der Waals surface area contributed by atoms with Gasteiger partial charge in [0.25, 0.3) is 0 Å². The average molecular weight is 433 g/mol. The number of hydrogen-bond donors (Lipinski definition) is 1. The van der Waals surface area contributed by atoms with Crippen LogP contribution in [0.5, 0.6) is 5.75 Å². The molecule has 0 aliphatic carbocycles. The smallest absolute Gasteiger partial charge is 0.324 e. The molecule has 166 valence electrons.